The van der Waals surface area contributed by atoms with E-state index >= 15 is 0 Å². The molecule has 38 heavy (non-hydrogen) atoms. The van der Waals surface area contributed by atoms with Crippen LogP contribution in [-0.2, 0) is 16.0 Å². The quantitative estimate of drug-likeness (QED) is 0.251. The van der Waals surface area contributed by atoms with Crippen LogP contribution in [0.1, 0.15) is 37.3 Å². The second kappa shape index (κ2) is 15.1. The van der Waals surface area contributed by atoms with Crippen LogP contribution in [-0.4, -0.2) is 67.2 Å². The monoisotopic (exact) mass is 527 g/mol. The number of carbonyl (C=O) groups excluding carboxylic acids is 3. The number of methoxy groups -OCH3 is 1. The Morgan fingerprint density at radius 3 is 2.37 bits per heavy atom. The number of para-hydroxylation sites is 1. The maximum absolute atomic E-state index is 12.4. The van der Waals surface area contributed by atoms with Gasteiger partial charge in [-0.1, -0.05) is 24.3 Å². The van der Waals surface area contributed by atoms with Gasteiger partial charge in [0.25, 0.3) is 0 Å². The Morgan fingerprint density at radius 1 is 1.00 bits per heavy atom. The molecule has 0 saturated carbocycles. The largest absolute Gasteiger partial charge is 0.495 e. The van der Waals surface area contributed by atoms with Gasteiger partial charge in [-0.05, 0) is 56.0 Å². The maximum Gasteiger partial charge on any atom is 0.323 e. The van der Waals surface area contributed by atoms with Crippen molar-refractivity contribution in [2.75, 3.05) is 37.9 Å². The van der Waals surface area contributed by atoms with Gasteiger partial charge in [0.1, 0.15) is 5.75 Å². The van der Waals surface area contributed by atoms with Gasteiger partial charge in [0.05, 0.1) is 19.2 Å². The molecule has 0 aliphatic carbocycles. The average molecular weight is 528 g/mol. The van der Waals surface area contributed by atoms with E-state index < -0.39 is 12.0 Å². The summed E-state index contributed by atoms with van der Waals surface area (Å²) < 4.78 is 5.42. The van der Waals surface area contributed by atoms with Crippen LogP contribution in [0.3, 0.4) is 0 Å². The Hall–Kier alpha value is -4.28. The number of aliphatic carboxylic acids is 1. The molecule has 0 aliphatic heterocycles. The van der Waals surface area contributed by atoms with Crippen molar-refractivity contribution in [3.63, 3.8) is 0 Å². The molecule has 0 heterocycles. The fraction of sp³-hybridized carbons (Fsp3) is 0.407. The van der Waals surface area contributed by atoms with Gasteiger partial charge < -0.3 is 36.0 Å². The Bertz CT molecular complexity index is 1120. The Balaban J connectivity index is 1.73. The second-order valence-corrected chi connectivity index (χ2v) is 8.92. The molecular formula is C27H37N5O6. The molecule has 11 nitrogen and oxygen atoms in total. The molecule has 2 aromatic carbocycles. The molecule has 0 spiro atoms. The molecule has 0 fully saturated rings. The highest BCUT2D eigenvalue weighted by molar-refractivity contribution is 6.01. The van der Waals surface area contributed by atoms with Crippen LogP contribution in [0.4, 0.5) is 21.0 Å². The third kappa shape index (κ3) is 10.00. The first kappa shape index (κ1) is 29.9. The van der Waals surface area contributed by atoms with Crippen LogP contribution in [0, 0.1) is 6.92 Å². The lowest BCUT2D eigenvalue weighted by atomic mass is 10.1. The Morgan fingerprint density at radius 2 is 1.68 bits per heavy atom. The minimum absolute atomic E-state index is 0.123. The molecular weight excluding hydrogens is 490 g/mol. The molecule has 0 aromatic heterocycles. The number of urea groups is 2. The highest BCUT2D eigenvalue weighted by Gasteiger charge is 2.17. The standard InChI is InChI=1S/C27H37N5O6/c1-18-8-5-6-9-21(18)30-26(36)31-22-12-10-20(17-23(22)38-4)11-13-24(33)28-14-7-15-29-27(37)32(3)19(2)16-25(34)35/h5-6,8-10,12,17,19H,7,11,13-16H2,1-4H3,(H,28,33)(H,29,37)(H,34,35)(H2,30,31,36). The zero-order chi connectivity index (χ0) is 28.1. The number of carboxylic acid groups (broad SMARTS) is 1. The molecule has 0 bridgehead atoms. The molecule has 0 radical (unpaired) electrons. The summed E-state index contributed by atoms with van der Waals surface area (Å²) in [7, 11) is 3.06. The summed E-state index contributed by atoms with van der Waals surface area (Å²) in [5, 5.41) is 20.0. The lowest BCUT2D eigenvalue weighted by Gasteiger charge is -2.23. The number of nitrogens with one attached hydrogen (secondary N) is 4. The number of aryl methyl sites for hydroxylation is 2. The van der Waals surface area contributed by atoms with Crippen LogP contribution in [0.25, 0.3) is 0 Å². The van der Waals surface area contributed by atoms with Gasteiger partial charge in [-0.25, -0.2) is 9.59 Å². The van der Waals surface area contributed by atoms with E-state index in [-0.39, 0.29) is 30.8 Å². The number of amides is 5. The van der Waals surface area contributed by atoms with Gasteiger partial charge in [-0.3, -0.25) is 9.59 Å². The number of hydrogen-bond donors (Lipinski definition) is 5. The van der Waals surface area contributed by atoms with Gasteiger partial charge in [-0.2, -0.15) is 0 Å². The van der Waals surface area contributed by atoms with E-state index in [1.165, 1.54) is 12.0 Å². The van der Waals surface area contributed by atoms with Crippen molar-refractivity contribution >= 4 is 35.3 Å². The van der Waals surface area contributed by atoms with Crippen molar-refractivity contribution < 1.29 is 29.0 Å². The SMILES string of the molecule is COc1cc(CCC(=O)NCCCNC(=O)N(C)C(C)CC(=O)O)ccc1NC(=O)Nc1ccccc1C. The van der Waals surface area contributed by atoms with E-state index in [9.17, 15) is 19.2 Å². The van der Waals surface area contributed by atoms with Gasteiger partial charge in [-0.15, -0.1) is 0 Å². The third-order valence-electron chi connectivity index (χ3n) is 5.95. The molecule has 5 amide bonds. The van der Waals surface area contributed by atoms with Gasteiger partial charge >= 0.3 is 18.0 Å². The molecule has 2 aromatic rings. The third-order valence-corrected chi connectivity index (χ3v) is 5.95. The molecule has 1 atom stereocenters. The van der Waals surface area contributed by atoms with E-state index in [1.807, 2.05) is 37.3 Å². The van der Waals surface area contributed by atoms with Crippen LogP contribution < -0.4 is 26.0 Å². The molecule has 0 aliphatic rings. The Labute approximate surface area is 222 Å². The fourth-order valence-electron chi connectivity index (χ4n) is 3.56. The van der Waals surface area contributed by atoms with Crippen molar-refractivity contribution in [3.8, 4) is 5.75 Å². The van der Waals surface area contributed by atoms with Crippen molar-refractivity contribution in [2.24, 2.45) is 0 Å². The number of ether oxygens (including phenoxy) is 1. The summed E-state index contributed by atoms with van der Waals surface area (Å²) >= 11 is 0. The number of carbonyl (C=O) groups is 4. The second-order valence-electron chi connectivity index (χ2n) is 8.92. The first-order valence-corrected chi connectivity index (χ1v) is 12.4. The first-order valence-electron chi connectivity index (χ1n) is 12.4. The Kier molecular flexibility index (Phi) is 11.9. The zero-order valence-corrected chi connectivity index (χ0v) is 22.3. The maximum atomic E-state index is 12.4. The number of hydrogen-bond acceptors (Lipinski definition) is 5. The first-order chi connectivity index (χ1) is 18.1. The van der Waals surface area contributed by atoms with Gasteiger partial charge in [0, 0.05) is 38.3 Å². The zero-order valence-electron chi connectivity index (χ0n) is 22.3. The van der Waals surface area contributed by atoms with Crippen LogP contribution in [0.5, 0.6) is 5.75 Å². The molecule has 0 saturated heterocycles. The summed E-state index contributed by atoms with van der Waals surface area (Å²) in [6, 6.07) is 11.7. The molecule has 1 unspecified atom stereocenters. The lowest BCUT2D eigenvalue weighted by Crippen LogP contribution is -2.43. The van der Waals surface area contributed by atoms with E-state index in [4.69, 9.17) is 9.84 Å². The summed E-state index contributed by atoms with van der Waals surface area (Å²) in [5.74, 6) is -0.601. The molecule has 2 rings (SSSR count). The summed E-state index contributed by atoms with van der Waals surface area (Å²) in [6.45, 7) is 4.32. The fourth-order valence-corrected chi connectivity index (χ4v) is 3.56. The van der Waals surface area contributed by atoms with Crippen molar-refractivity contribution in [1.82, 2.24) is 15.5 Å². The van der Waals surface area contributed by atoms with Gasteiger partial charge in [0.15, 0.2) is 0 Å². The minimum Gasteiger partial charge on any atom is -0.495 e. The number of nitrogens with zero attached hydrogens (tertiary/aromatic N) is 1. The van der Waals surface area contributed by atoms with Crippen molar-refractivity contribution in [1.29, 1.82) is 0 Å². The van der Waals surface area contributed by atoms with E-state index in [2.05, 4.69) is 21.3 Å². The molecule has 5 N–H and O–H groups in total. The summed E-state index contributed by atoms with van der Waals surface area (Å²) in [5.41, 5.74) is 3.05. The predicted molar refractivity (Wildman–Crippen MR) is 146 cm³/mol. The number of rotatable bonds is 13. The number of benzene rings is 2. The topological polar surface area (TPSA) is 149 Å². The number of carboxylic acids is 1. The van der Waals surface area contributed by atoms with Crippen LogP contribution >= 0.6 is 0 Å². The van der Waals surface area contributed by atoms with E-state index in [1.54, 1.807) is 26.1 Å². The van der Waals surface area contributed by atoms with Crippen molar-refractivity contribution in [3.05, 3.63) is 53.6 Å². The highest BCUT2D eigenvalue weighted by Crippen LogP contribution is 2.26. The molecule has 206 valence electrons. The predicted octanol–water partition coefficient (Wildman–Crippen LogP) is 3.59. The van der Waals surface area contributed by atoms with Crippen LogP contribution in [0.2, 0.25) is 0 Å². The smallest absolute Gasteiger partial charge is 0.323 e. The van der Waals surface area contributed by atoms with Crippen molar-refractivity contribution in [2.45, 2.75) is 45.6 Å². The minimum atomic E-state index is -0.966. The average Bonchev–Trinajstić information content (AvgIpc) is 2.88. The normalized spacial score (nSPS) is 11.2. The molecule has 11 heteroatoms. The highest BCUT2D eigenvalue weighted by atomic mass is 16.5. The van der Waals surface area contributed by atoms with E-state index in [0.29, 0.717) is 43.1 Å². The van der Waals surface area contributed by atoms with E-state index in [0.717, 1.165) is 11.1 Å². The number of anilines is 2. The lowest BCUT2D eigenvalue weighted by molar-refractivity contribution is -0.138. The summed E-state index contributed by atoms with van der Waals surface area (Å²) in [4.78, 5) is 48.8. The van der Waals surface area contributed by atoms with Gasteiger partial charge in [0.2, 0.25) is 5.91 Å². The summed E-state index contributed by atoms with van der Waals surface area (Å²) in [6.07, 6.45) is 1.16. The van der Waals surface area contributed by atoms with Crippen LogP contribution in [0.15, 0.2) is 42.5 Å².